The van der Waals surface area contributed by atoms with Crippen LogP contribution in [0.2, 0.25) is 5.02 Å². The summed E-state index contributed by atoms with van der Waals surface area (Å²) in [6.07, 6.45) is -0.0707. The molecule has 4 nitrogen and oxygen atoms in total. The summed E-state index contributed by atoms with van der Waals surface area (Å²) in [7, 11) is 0. The van der Waals surface area contributed by atoms with Crippen LogP contribution in [0.4, 0.5) is 14.5 Å². The van der Waals surface area contributed by atoms with Crippen molar-refractivity contribution in [2.45, 2.75) is 12.3 Å². The third-order valence-corrected chi connectivity index (χ3v) is 6.32. The zero-order valence-electron chi connectivity index (χ0n) is 14.5. The van der Waals surface area contributed by atoms with Crippen LogP contribution in [0.25, 0.3) is 0 Å². The van der Waals surface area contributed by atoms with Crippen molar-refractivity contribution in [3.05, 3.63) is 75.3 Å². The molecule has 28 heavy (non-hydrogen) atoms. The van der Waals surface area contributed by atoms with Crippen molar-refractivity contribution in [1.29, 1.82) is 5.26 Å². The highest BCUT2D eigenvalue weighted by atomic mass is 35.5. The van der Waals surface area contributed by atoms with Gasteiger partial charge in [0.15, 0.2) is 0 Å². The summed E-state index contributed by atoms with van der Waals surface area (Å²) < 4.78 is 28.6. The third-order valence-electron chi connectivity index (χ3n) is 4.83. The van der Waals surface area contributed by atoms with Crippen molar-refractivity contribution < 1.29 is 13.6 Å². The van der Waals surface area contributed by atoms with Gasteiger partial charge in [-0.05, 0) is 24.3 Å². The number of rotatable bonds is 2. The van der Waals surface area contributed by atoms with E-state index in [1.165, 1.54) is 34.9 Å². The highest BCUT2D eigenvalue weighted by Crippen LogP contribution is 2.45. The summed E-state index contributed by atoms with van der Waals surface area (Å²) in [5, 5.41) is 10.4. The van der Waals surface area contributed by atoms with E-state index in [0.717, 1.165) is 0 Å². The van der Waals surface area contributed by atoms with Crippen LogP contribution in [0.15, 0.2) is 53.1 Å². The highest BCUT2D eigenvalue weighted by Gasteiger charge is 2.40. The molecule has 1 atom stereocenters. The minimum absolute atomic E-state index is 0.0707. The maximum Gasteiger partial charge on any atom is 0.229 e. The van der Waals surface area contributed by atoms with Crippen LogP contribution in [0.3, 0.4) is 0 Å². The monoisotopic (exact) mass is 417 g/mol. The molecule has 8 heteroatoms. The van der Waals surface area contributed by atoms with E-state index < -0.39 is 11.7 Å². The van der Waals surface area contributed by atoms with E-state index in [1.807, 2.05) is 0 Å². The van der Waals surface area contributed by atoms with Gasteiger partial charge in [-0.3, -0.25) is 9.69 Å². The van der Waals surface area contributed by atoms with Crippen LogP contribution >= 0.6 is 23.4 Å². The van der Waals surface area contributed by atoms with Crippen molar-refractivity contribution in [3.8, 4) is 6.07 Å². The second-order valence-corrected chi connectivity index (χ2v) is 7.79. The summed E-state index contributed by atoms with van der Waals surface area (Å²) in [6.45, 7) is 0.130. The number of amides is 1. The van der Waals surface area contributed by atoms with Crippen molar-refractivity contribution in [2.24, 2.45) is 0 Å². The van der Waals surface area contributed by atoms with Crippen LogP contribution in [-0.4, -0.2) is 23.4 Å². The van der Waals surface area contributed by atoms with Crippen LogP contribution in [-0.2, 0) is 4.79 Å². The van der Waals surface area contributed by atoms with Crippen molar-refractivity contribution in [3.63, 3.8) is 0 Å². The summed E-state index contributed by atoms with van der Waals surface area (Å²) in [6, 6.07) is 12.8. The minimum atomic E-state index is -0.732. The molecule has 2 heterocycles. The molecule has 1 fully saturated rings. The van der Waals surface area contributed by atoms with E-state index in [9.17, 15) is 18.8 Å². The van der Waals surface area contributed by atoms with E-state index in [4.69, 9.17) is 11.6 Å². The first-order valence-electron chi connectivity index (χ1n) is 8.52. The summed E-state index contributed by atoms with van der Waals surface area (Å²) in [4.78, 5) is 16.0. The van der Waals surface area contributed by atoms with Gasteiger partial charge in [0.1, 0.15) is 11.6 Å². The Morgan fingerprint density at radius 2 is 1.89 bits per heavy atom. The van der Waals surface area contributed by atoms with Crippen LogP contribution in [0.5, 0.6) is 0 Å². The number of carbonyl (C=O) groups excluding carboxylic acids is 1. The van der Waals surface area contributed by atoms with Gasteiger partial charge in [0, 0.05) is 22.9 Å². The predicted octanol–water partition coefficient (Wildman–Crippen LogP) is 4.84. The van der Waals surface area contributed by atoms with Gasteiger partial charge in [-0.1, -0.05) is 41.6 Å². The van der Waals surface area contributed by atoms with Gasteiger partial charge in [-0.2, -0.15) is 5.26 Å². The molecule has 0 bridgehead atoms. The topological polar surface area (TPSA) is 47.3 Å². The first kappa shape index (κ1) is 18.8. The number of hydrogen-bond donors (Lipinski definition) is 0. The fourth-order valence-corrected chi connectivity index (χ4v) is 4.97. The maximum atomic E-state index is 14.4. The SMILES string of the molecule is N#CC1=C2SCN(c3ccccc3F)CN2C(=O)CC1c1c(F)cccc1Cl. The number of anilines is 1. The molecule has 2 aromatic carbocycles. The summed E-state index contributed by atoms with van der Waals surface area (Å²) in [5.41, 5.74) is 0.864. The smallest absolute Gasteiger partial charge is 0.229 e. The number of carbonyl (C=O) groups is 1. The summed E-state index contributed by atoms with van der Waals surface area (Å²) in [5.74, 6) is -1.54. The molecule has 1 unspecified atom stereocenters. The number of thioether (sulfide) groups is 1. The molecule has 2 aromatic rings. The fourth-order valence-electron chi connectivity index (χ4n) is 3.51. The van der Waals surface area contributed by atoms with Gasteiger partial charge in [0.05, 0.1) is 34.9 Å². The van der Waals surface area contributed by atoms with Gasteiger partial charge in [-0.15, -0.1) is 0 Å². The van der Waals surface area contributed by atoms with Gasteiger partial charge < -0.3 is 4.90 Å². The Hall–Kier alpha value is -2.56. The second kappa shape index (κ2) is 7.46. The number of nitriles is 1. The summed E-state index contributed by atoms with van der Waals surface area (Å²) >= 11 is 7.44. The van der Waals surface area contributed by atoms with Crippen LogP contribution < -0.4 is 4.90 Å². The van der Waals surface area contributed by atoms with E-state index >= 15 is 0 Å². The number of halogens is 3. The first-order chi connectivity index (χ1) is 13.5. The molecular formula is C20H14ClF2N3OS. The quantitative estimate of drug-likeness (QED) is 0.701. The van der Waals surface area contributed by atoms with Gasteiger partial charge in [0.2, 0.25) is 5.91 Å². The van der Waals surface area contributed by atoms with Gasteiger partial charge in [-0.25, -0.2) is 8.78 Å². The van der Waals surface area contributed by atoms with Gasteiger partial charge >= 0.3 is 0 Å². The van der Waals surface area contributed by atoms with Crippen molar-refractivity contribution in [1.82, 2.24) is 4.90 Å². The Balaban J connectivity index is 1.73. The van der Waals surface area contributed by atoms with E-state index in [-0.39, 0.29) is 35.4 Å². The van der Waals surface area contributed by atoms with E-state index in [1.54, 1.807) is 29.2 Å². The molecule has 2 aliphatic rings. The Kier molecular flexibility index (Phi) is 5.00. The lowest BCUT2D eigenvalue weighted by Crippen LogP contribution is -2.47. The lowest BCUT2D eigenvalue weighted by Gasteiger charge is -2.42. The highest BCUT2D eigenvalue weighted by molar-refractivity contribution is 8.03. The van der Waals surface area contributed by atoms with Crippen molar-refractivity contribution in [2.75, 3.05) is 17.4 Å². The third kappa shape index (κ3) is 3.13. The number of allylic oxidation sites excluding steroid dienone is 1. The zero-order chi connectivity index (χ0) is 19.8. The van der Waals surface area contributed by atoms with Crippen molar-refractivity contribution >= 4 is 35.0 Å². The Morgan fingerprint density at radius 1 is 1.14 bits per heavy atom. The molecule has 0 saturated carbocycles. The van der Waals surface area contributed by atoms with E-state index in [2.05, 4.69) is 6.07 Å². The molecule has 142 valence electrons. The minimum Gasteiger partial charge on any atom is -0.341 e. The molecule has 1 saturated heterocycles. The Bertz CT molecular complexity index is 1020. The molecule has 1 amide bonds. The number of fused-ring (bicyclic) bond motifs is 1. The lowest BCUT2D eigenvalue weighted by atomic mass is 9.86. The number of para-hydroxylation sites is 1. The number of nitrogens with zero attached hydrogens (tertiary/aromatic N) is 3. The molecule has 0 aromatic heterocycles. The normalized spacial score (nSPS) is 19.5. The standard InChI is InChI=1S/C20H14ClF2N3OS/c21-14-4-3-6-16(23)19(14)12-8-18(27)26-10-25(11-28-20(26)13(12)9-24)17-7-2-1-5-15(17)22/h1-7,12H,8,10-11H2. The maximum absolute atomic E-state index is 14.4. The molecule has 0 N–H and O–H groups in total. The second-order valence-electron chi connectivity index (χ2n) is 6.45. The predicted molar refractivity (Wildman–Crippen MR) is 104 cm³/mol. The molecule has 2 aliphatic heterocycles. The Morgan fingerprint density at radius 3 is 2.61 bits per heavy atom. The van der Waals surface area contributed by atoms with Crippen LogP contribution in [0.1, 0.15) is 17.9 Å². The number of benzene rings is 2. The molecule has 0 aliphatic carbocycles. The van der Waals surface area contributed by atoms with E-state index in [0.29, 0.717) is 22.2 Å². The largest absolute Gasteiger partial charge is 0.341 e. The molecule has 0 spiro atoms. The molecular weight excluding hydrogens is 404 g/mol. The lowest BCUT2D eigenvalue weighted by molar-refractivity contribution is -0.129. The van der Waals surface area contributed by atoms with Crippen LogP contribution in [0, 0.1) is 23.0 Å². The van der Waals surface area contributed by atoms with Gasteiger partial charge in [0.25, 0.3) is 0 Å². The average Bonchev–Trinajstić information content (AvgIpc) is 2.68. The zero-order valence-corrected chi connectivity index (χ0v) is 16.1. The Labute approximate surface area is 170 Å². The average molecular weight is 418 g/mol. The molecule has 4 rings (SSSR count). The number of hydrogen-bond acceptors (Lipinski definition) is 4. The first-order valence-corrected chi connectivity index (χ1v) is 9.88. The fraction of sp³-hybridized carbons (Fsp3) is 0.200. The molecule has 0 radical (unpaired) electrons.